The van der Waals surface area contributed by atoms with Crippen LogP contribution in [0.5, 0.6) is 0 Å². The summed E-state index contributed by atoms with van der Waals surface area (Å²) in [5.74, 6) is 0.716. The zero-order valence-corrected chi connectivity index (χ0v) is 6.06. The Morgan fingerprint density at radius 2 is 2.40 bits per heavy atom. The van der Waals surface area contributed by atoms with Crippen LogP contribution in [0.2, 0.25) is 0 Å². The van der Waals surface area contributed by atoms with E-state index in [4.69, 9.17) is 5.11 Å². The summed E-state index contributed by atoms with van der Waals surface area (Å²) in [5, 5.41) is 8.40. The van der Waals surface area contributed by atoms with E-state index in [9.17, 15) is 9.59 Å². The highest BCUT2D eigenvalue weighted by molar-refractivity contribution is 8.00. The van der Waals surface area contributed by atoms with Crippen molar-refractivity contribution in [3.05, 3.63) is 0 Å². The zero-order chi connectivity index (χ0) is 7.56. The molecule has 1 N–H and O–H groups in total. The van der Waals surface area contributed by atoms with Gasteiger partial charge < -0.3 is 5.11 Å². The van der Waals surface area contributed by atoms with Gasteiger partial charge in [0.2, 0.25) is 5.91 Å². The van der Waals surface area contributed by atoms with Crippen molar-refractivity contribution in [2.75, 3.05) is 18.1 Å². The highest BCUT2D eigenvalue weighted by atomic mass is 32.2. The van der Waals surface area contributed by atoms with Gasteiger partial charge in [-0.2, -0.15) is 11.8 Å². The average molecular weight is 161 g/mol. The number of carbonyl (C=O) groups excluding carboxylic acids is 1. The summed E-state index contributed by atoms with van der Waals surface area (Å²) in [6, 6.07) is 0. The maximum absolute atomic E-state index is 10.8. The van der Waals surface area contributed by atoms with E-state index in [1.165, 1.54) is 11.8 Å². The molecule has 2 amide bonds. The largest absolute Gasteiger partial charge is 0.465 e. The van der Waals surface area contributed by atoms with Crippen LogP contribution < -0.4 is 0 Å². The maximum Gasteiger partial charge on any atom is 0.414 e. The van der Waals surface area contributed by atoms with Gasteiger partial charge in [0.05, 0.1) is 5.75 Å². The molecule has 1 saturated heterocycles. The molecule has 0 bridgehead atoms. The van der Waals surface area contributed by atoms with E-state index in [2.05, 4.69) is 0 Å². The first kappa shape index (κ1) is 7.40. The van der Waals surface area contributed by atoms with Gasteiger partial charge in [-0.1, -0.05) is 0 Å². The number of amides is 2. The van der Waals surface area contributed by atoms with Gasteiger partial charge in [-0.25, -0.2) is 9.69 Å². The molecule has 0 radical (unpaired) electrons. The van der Waals surface area contributed by atoms with Crippen LogP contribution in [-0.4, -0.2) is 40.1 Å². The van der Waals surface area contributed by atoms with Gasteiger partial charge in [0, 0.05) is 12.3 Å². The third kappa shape index (κ3) is 1.41. The third-order valence-electron chi connectivity index (χ3n) is 1.22. The van der Waals surface area contributed by atoms with Crippen LogP contribution in [-0.2, 0) is 4.79 Å². The Hall–Kier alpha value is -0.710. The van der Waals surface area contributed by atoms with E-state index in [0.29, 0.717) is 12.3 Å². The van der Waals surface area contributed by atoms with Crippen molar-refractivity contribution in [3.63, 3.8) is 0 Å². The van der Waals surface area contributed by atoms with Crippen LogP contribution in [0.3, 0.4) is 0 Å². The number of carbonyl (C=O) groups is 2. The first-order valence-electron chi connectivity index (χ1n) is 2.83. The van der Waals surface area contributed by atoms with Crippen molar-refractivity contribution in [2.45, 2.75) is 0 Å². The molecule has 0 saturated carbocycles. The molecule has 0 aliphatic carbocycles. The number of hydrogen-bond donors (Lipinski definition) is 1. The second kappa shape index (κ2) is 2.92. The molecule has 4 nitrogen and oxygen atoms in total. The van der Waals surface area contributed by atoms with E-state index >= 15 is 0 Å². The third-order valence-corrected chi connectivity index (χ3v) is 2.14. The second-order valence-corrected chi connectivity index (χ2v) is 2.99. The monoisotopic (exact) mass is 161 g/mol. The Morgan fingerprint density at radius 3 is 2.80 bits per heavy atom. The number of hydrogen-bond acceptors (Lipinski definition) is 3. The fraction of sp³-hybridized carbons (Fsp3) is 0.600. The lowest BCUT2D eigenvalue weighted by molar-refractivity contribution is -0.126. The summed E-state index contributed by atoms with van der Waals surface area (Å²) in [6.07, 6.45) is -1.13. The fourth-order valence-corrected chi connectivity index (χ4v) is 1.51. The van der Waals surface area contributed by atoms with Crippen molar-refractivity contribution in [3.8, 4) is 0 Å². The molecule has 1 aliphatic rings. The van der Waals surface area contributed by atoms with Crippen LogP contribution in [0, 0.1) is 0 Å². The minimum Gasteiger partial charge on any atom is -0.465 e. The fourth-order valence-electron chi connectivity index (χ4n) is 0.720. The summed E-state index contributed by atoms with van der Waals surface area (Å²) < 4.78 is 0. The second-order valence-electron chi connectivity index (χ2n) is 1.88. The summed E-state index contributed by atoms with van der Waals surface area (Å²) in [4.78, 5) is 21.9. The van der Waals surface area contributed by atoms with Crippen molar-refractivity contribution in [1.29, 1.82) is 0 Å². The lowest BCUT2D eigenvalue weighted by Gasteiger charge is -2.20. The van der Waals surface area contributed by atoms with E-state index < -0.39 is 6.09 Å². The van der Waals surface area contributed by atoms with Crippen LogP contribution >= 0.6 is 11.8 Å². The number of nitrogens with zero attached hydrogens (tertiary/aromatic N) is 1. The SMILES string of the molecule is O=C(O)N1CCSCC1=O. The molecule has 56 valence electrons. The number of thioether (sulfide) groups is 1. The van der Waals surface area contributed by atoms with Crippen LogP contribution in [0.4, 0.5) is 4.79 Å². The zero-order valence-electron chi connectivity index (χ0n) is 5.24. The highest BCUT2D eigenvalue weighted by Gasteiger charge is 2.23. The Bertz CT molecular complexity index is 170. The van der Waals surface area contributed by atoms with Gasteiger partial charge in [-0.3, -0.25) is 4.79 Å². The van der Waals surface area contributed by atoms with Gasteiger partial charge in [-0.05, 0) is 0 Å². The molecular formula is C5H7NO3S. The Labute approximate surface area is 62.2 Å². The molecule has 0 aromatic carbocycles. The summed E-state index contributed by atoms with van der Waals surface area (Å²) in [5.41, 5.74) is 0. The van der Waals surface area contributed by atoms with Crippen molar-refractivity contribution < 1.29 is 14.7 Å². The quantitative estimate of drug-likeness (QED) is 0.553. The van der Waals surface area contributed by atoms with Crippen LogP contribution in [0.1, 0.15) is 0 Å². The molecule has 1 aliphatic heterocycles. The van der Waals surface area contributed by atoms with E-state index in [0.717, 1.165) is 10.7 Å². The highest BCUT2D eigenvalue weighted by Crippen LogP contribution is 2.09. The van der Waals surface area contributed by atoms with Crippen LogP contribution in [0.25, 0.3) is 0 Å². The van der Waals surface area contributed by atoms with E-state index in [1.54, 1.807) is 0 Å². The molecule has 1 rings (SSSR count). The normalized spacial score (nSPS) is 19.2. The summed E-state index contributed by atoms with van der Waals surface area (Å²) >= 11 is 1.47. The minimum atomic E-state index is -1.13. The topological polar surface area (TPSA) is 57.6 Å². The molecule has 0 aromatic heterocycles. The molecule has 0 spiro atoms. The van der Waals surface area contributed by atoms with Gasteiger partial charge >= 0.3 is 6.09 Å². The summed E-state index contributed by atoms with van der Waals surface area (Å²) in [7, 11) is 0. The molecule has 1 fully saturated rings. The molecule has 0 aromatic rings. The van der Waals surface area contributed by atoms with Gasteiger partial charge in [0.15, 0.2) is 0 Å². The number of carboxylic acid groups (broad SMARTS) is 1. The predicted octanol–water partition coefficient (Wildman–Crippen LogP) is 0.240. The lowest BCUT2D eigenvalue weighted by atomic mass is 10.5. The Kier molecular flexibility index (Phi) is 2.16. The van der Waals surface area contributed by atoms with Crippen molar-refractivity contribution >= 4 is 23.8 Å². The van der Waals surface area contributed by atoms with Gasteiger partial charge in [0.1, 0.15) is 0 Å². The predicted molar refractivity (Wildman–Crippen MR) is 37.1 cm³/mol. The summed E-state index contributed by atoms with van der Waals surface area (Å²) in [6.45, 7) is 0.332. The molecular weight excluding hydrogens is 154 g/mol. The van der Waals surface area contributed by atoms with Crippen molar-refractivity contribution in [2.24, 2.45) is 0 Å². The Balaban J connectivity index is 2.56. The standard InChI is InChI=1S/C5H7NO3S/c7-4-3-10-2-1-6(4)5(8)9/h1-3H2,(H,8,9). The minimum absolute atomic E-state index is 0.298. The Morgan fingerprint density at radius 1 is 1.70 bits per heavy atom. The van der Waals surface area contributed by atoms with E-state index in [1.807, 2.05) is 0 Å². The number of rotatable bonds is 0. The molecule has 0 atom stereocenters. The lowest BCUT2D eigenvalue weighted by Crippen LogP contribution is -2.41. The van der Waals surface area contributed by atoms with Crippen molar-refractivity contribution in [1.82, 2.24) is 4.90 Å². The van der Waals surface area contributed by atoms with Gasteiger partial charge in [0.25, 0.3) is 0 Å². The molecule has 5 heteroatoms. The average Bonchev–Trinajstić information content (AvgIpc) is 1.88. The molecule has 0 unspecified atom stereocenters. The molecule has 10 heavy (non-hydrogen) atoms. The maximum atomic E-state index is 10.8. The van der Waals surface area contributed by atoms with Crippen LogP contribution in [0.15, 0.2) is 0 Å². The first-order valence-corrected chi connectivity index (χ1v) is 3.98. The van der Waals surface area contributed by atoms with E-state index in [-0.39, 0.29) is 5.91 Å². The molecule has 1 heterocycles. The first-order chi connectivity index (χ1) is 4.72. The number of imide groups is 1. The van der Waals surface area contributed by atoms with Gasteiger partial charge in [-0.15, -0.1) is 0 Å². The smallest absolute Gasteiger partial charge is 0.414 e.